The van der Waals surface area contributed by atoms with Crippen LogP contribution < -0.4 is 4.90 Å². The molecule has 2 rings (SSSR count). The van der Waals surface area contributed by atoms with E-state index in [4.69, 9.17) is 0 Å². The van der Waals surface area contributed by atoms with Crippen LogP contribution in [0.4, 0.5) is 5.69 Å². The predicted octanol–water partition coefficient (Wildman–Crippen LogP) is 3.27. The van der Waals surface area contributed by atoms with Gasteiger partial charge in [0.25, 0.3) is 0 Å². The molecule has 0 radical (unpaired) electrons. The molecule has 0 bridgehead atoms. The van der Waals surface area contributed by atoms with Gasteiger partial charge in [-0.25, -0.2) is 0 Å². The van der Waals surface area contributed by atoms with E-state index in [1.807, 2.05) is 18.2 Å². The molecule has 2 nitrogen and oxygen atoms in total. The van der Waals surface area contributed by atoms with Crippen LogP contribution in [-0.4, -0.2) is 18.4 Å². The summed E-state index contributed by atoms with van der Waals surface area (Å²) >= 11 is 0. The van der Waals surface area contributed by atoms with Crippen molar-refractivity contribution in [1.82, 2.24) is 0 Å². The summed E-state index contributed by atoms with van der Waals surface area (Å²) in [5.41, 5.74) is 2.03. The highest BCUT2D eigenvalue weighted by molar-refractivity contribution is 6.02. The number of benzene rings is 1. The van der Waals surface area contributed by atoms with Crippen LogP contribution in [-0.2, 0) is 0 Å². The van der Waals surface area contributed by atoms with E-state index in [2.05, 4.69) is 24.8 Å². The van der Waals surface area contributed by atoms with Crippen molar-refractivity contribution in [3.8, 4) is 0 Å². The molecule has 1 unspecified atom stereocenters. The summed E-state index contributed by atoms with van der Waals surface area (Å²) in [7, 11) is 0. The van der Waals surface area contributed by atoms with E-state index in [1.54, 1.807) is 0 Å². The third-order valence-corrected chi connectivity index (χ3v) is 3.44. The molecule has 0 spiro atoms. The van der Waals surface area contributed by atoms with Gasteiger partial charge in [0, 0.05) is 30.3 Å². The zero-order valence-electron chi connectivity index (χ0n) is 10.1. The van der Waals surface area contributed by atoms with E-state index < -0.39 is 0 Å². The third kappa shape index (κ3) is 1.97. The fourth-order valence-electron chi connectivity index (χ4n) is 2.30. The van der Waals surface area contributed by atoms with Crippen molar-refractivity contribution in [3.05, 3.63) is 29.8 Å². The zero-order chi connectivity index (χ0) is 11.5. The van der Waals surface area contributed by atoms with Crippen LogP contribution in [0.5, 0.6) is 0 Å². The SMILES string of the molecule is CCC(C)N1CCCC(=O)c2ccccc21. The topological polar surface area (TPSA) is 20.3 Å². The van der Waals surface area contributed by atoms with Crippen LogP contribution in [0, 0.1) is 0 Å². The van der Waals surface area contributed by atoms with Crippen LogP contribution in [0.3, 0.4) is 0 Å². The van der Waals surface area contributed by atoms with Crippen LogP contribution in [0.1, 0.15) is 43.5 Å². The fraction of sp³-hybridized carbons (Fsp3) is 0.500. The Morgan fingerprint density at radius 2 is 2.12 bits per heavy atom. The summed E-state index contributed by atoms with van der Waals surface area (Å²) in [6, 6.07) is 8.51. The van der Waals surface area contributed by atoms with Crippen LogP contribution in [0.2, 0.25) is 0 Å². The second-order valence-corrected chi connectivity index (χ2v) is 4.49. The normalized spacial score (nSPS) is 17.9. The molecule has 1 aromatic rings. The summed E-state index contributed by atoms with van der Waals surface area (Å²) in [4.78, 5) is 14.3. The minimum atomic E-state index is 0.293. The van der Waals surface area contributed by atoms with Crippen molar-refractivity contribution in [2.24, 2.45) is 0 Å². The molecule has 86 valence electrons. The number of rotatable bonds is 2. The van der Waals surface area contributed by atoms with Crippen molar-refractivity contribution < 1.29 is 4.79 Å². The molecule has 1 aromatic carbocycles. The second-order valence-electron chi connectivity index (χ2n) is 4.49. The van der Waals surface area contributed by atoms with Gasteiger partial charge in [-0.05, 0) is 31.9 Å². The second kappa shape index (κ2) is 4.69. The largest absolute Gasteiger partial charge is 0.368 e. The number of carbonyl (C=O) groups is 1. The van der Waals surface area contributed by atoms with Gasteiger partial charge in [-0.15, -0.1) is 0 Å². The van der Waals surface area contributed by atoms with Gasteiger partial charge in [-0.2, -0.15) is 0 Å². The summed E-state index contributed by atoms with van der Waals surface area (Å²) < 4.78 is 0. The first kappa shape index (κ1) is 11.2. The van der Waals surface area contributed by atoms with Crippen molar-refractivity contribution in [1.29, 1.82) is 0 Å². The number of fused-ring (bicyclic) bond motifs is 1. The van der Waals surface area contributed by atoms with Gasteiger partial charge in [0.1, 0.15) is 0 Å². The van der Waals surface area contributed by atoms with Crippen molar-refractivity contribution in [3.63, 3.8) is 0 Å². The van der Waals surface area contributed by atoms with Crippen molar-refractivity contribution >= 4 is 11.5 Å². The van der Waals surface area contributed by atoms with Gasteiger partial charge >= 0.3 is 0 Å². The lowest BCUT2D eigenvalue weighted by atomic mass is 10.1. The van der Waals surface area contributed by atoms with Gasteiger partial charge in [-0.1, -0.05) is 19.1 Å². The molecule has 0 amide bonds. The van der Waals surface area contributed by atoms with Gasteiger partial charge in [-0.3, -0.25) is 4.79 Å². The maximum atomic E-state index is 11.9. The third-order valence-electron chi connectivity index (χ3n) is 3.44. The molecule has 1 atom stereocenters. The Balaban J connectivity index is 2.42. The first-order valence-electron chi connectivity index (χ1n) is 6.13. The molecule has 0 aliphatic carbocycles. The van der Waals surface area contributed by atoms with Crippen LogP contribution in [0.25, 0.3) is 0 Å². The van der Waals surface area contributed by atoms with E-state index in [0.29, 0.717) is 18.2 Å². The molecule has 0 saturated heterocycles. The molecular weight excluding hydrogens is 198 g/mol. The Kier molecular flexibility index (Phi) is 3.28. The zero-order valence-corrected chi connectivity index (χ0v) is 10.1. The Morgan fingerprint density at radius 1 is 1.38 bits per heavy atom. The van der Waals surface area contributed by atoms with Crippen molar-refractivity contribution in [2.75, 3.05) is 11.4 Å². The average Bonchev–Trinajstić information content (AvgIpc) is 2.49. The summed E-state index contributed by atoms with van der Waals surface area (Å²) in [5, 5.41) is 0. The Bertz CT molecular complexity index is 386. The molecule has 1 aliphatic heterocycles. The maximum Gasteiger partial charge on any atom is 0.165 e. The van der Waals surface area contributed by atoms with Crippen LogP contribution >= 0.6 is 0 Å². The number of hydrogen-bond donors (Lipinski definition) is 0. The number of para-hydroxylation sites is 1. The number of anilines is 1. The standard InChI is InChI=1S/C14H19NO/c1-3-11(2)15-10-6-9-14(16)12-7-4-5-8-13(12)15/h4-5,7-8,11H,3,6,9-10H2,1-2H3. The summed E-state index contributed by atoms with van der Waals surface area (Å²) in [6.07, 6.45) is 2.77. The van der Waals surface area contributed by atoms with E-state index >= 15 is 0 Å². The van der Waals surface area contributed by atoms with E-state index in [1.165, 1.54) is 0 Å². The molecule has 0 N–H and O–H groups in total. The molecule has 0 fully saturated rings. The summed E-state index contributed by atoms with van der Waals surface area (Å²) in [5.74, 6) is 0.293. The fourth-order valence-corrected chi connectivity index (χ4v) is 2.30. The van der Waals surface area contributed by atoms with Gasteiger partial charge in [0.15, 0.2) is 5.78 Å². The molecule has 0 aromatic heterocycles. The quantitative estimate of drug-likeness (QED) is 0.757. The Labute approximate surface area is 97.3 Å². The lowest BCUT2D eigenvalue weighted by Crippen LogP contribution is -2.33. The number of hydrogen-bond acceptors (Lipinski definition) is 2. The highest BCUT2D eigenvalue weighted by Crippen LogP contribution is 2.28. The minimum absolute atomic E-state index is 0.293. The average molecular weight is 217 g/mol. The molecule has 0 saturated carbocycles. The number of Topliss-reactive ketones (excluding diaryl/α,β-unsaturated/α-hetero) is 1. The number of carbonyl (C=O) groups excluding carboxylic acids is 1. The van der Waals surface area contributed by atoms with E-state index in [9.17, 15) is 4.79 Å². The molecule has 16 heavy (non-hydrogen) atoms. The van der Waals surface area contributed by atoms with Crippen molar-refractivity contribution in [2.45, 2.75) is 39.2 Å². The number of nitrogens with zero attached hydrogens (tertiary/aromatic N) is 1. The van der Waals surface area contributed by atoms with Gasteiger partial charge < -0.3 is 4.90 Å². The number of ketones is 1. The lowest BCUT2D eigenvalue weighted by Gasteiger charge is -2.30. The maximum absolute atomic E-state index is 11.9. The first-order valence-corrected chi connectivity index (χ1v) is 6.13. The van der Waals surface area contributed by atoms with Crippen LogP contribution in [0.15, 0.2) is 24.3 Å². The monoisotopic (exact) mass is 217 g/mol. The van der Waals surface area contributed by atoms with Gasteiger partial charge in [0.05, 0.1) is 0 Å². The summed E-state index contributed by atoms with van der Waals surface area (Å²) in [6.45, 7) is 5.42. The minimum Gasteiger partial charge on any atom is -0.368 e. The molecule has 1 aliphatic rings. The van der Waals surface area contributed by atoms with Gasteiger partial charge in [0.2, 0.25) is 0 Å². The lowest BCUT2D eigenvalue weighted by molar-refractivity contribution is 0.0984. The molecular formula is C14H19NO. The highest BCUT2D eigenvalue weighted by atomic mass is 16.1. The Morgan fingerprint density at radius 3 is 2.88 bits per heavy atom. The molecule has 2 heteroatoms. The Hall–Kier alpha value is -1.31. The van der Waals surface area contributed by atoms with E-state index in [0.717, 1.165) is 30.6 Å². The predicted molar refractivity (Wildman–Crippen MR) is 67.1 cm³/mol. The van der Waals surface area contributed by atoms with E-state index in [-0.39, 0.29) is 0 Å². The molecule has 1 heterocycles. The highest BCUT2D eigenvalue weighted by Gasteiger charge is 2.22. The smallest absolute Gasteiger partial charge is 0.165 e. The first-order chi connectivity index (χ1) is 7.74.